The van der Waals surface area contributed by atoms with Gasteiger partial charge in [-0.2, -0.15) is 0 Å². The van der Waals surface area contributed by atoms with Crippen LogP contribution in [-0.4, -0.2) is 20.6 Å². The minimum atomic E-state index is 0.00773. The highest BCUT2D eigenvalue weighted by molar-refractivity contribution is 7.71. The fourth-order valence-electron chi connectivity index (χ4n) is 1.69. The predicted molar refractivity (Wildman–Crippen MR) is 79.6 cm³/mol. The van der Waals surface area contributed by atoms with Crippen molar-refractivity contribution in [3.05, 3.63) is 14.7 Å². The van der Waals surface area contributed by atoms with Crippen LogP contribution in [0, 0.1) is 4.51 Å². The summed E-state index contributed by atoms with van der Waals surface area (Å²) in [5, 5.41) is 2.98. The van der Waals surface area contributed by atoms with Gasteiger partial charge in [-0.05, 0) is 6.42 Å². The van der Waals surface area contributed by atoms with E-state index in [1.807, 2.05) is 25.8 Å². The summed E-state index contributed by atoms with van der Waals surface area (Å²) >= 11 is 4.96. The van der Waals surface area contributed by atoms with Crippen molar-refractivity contribution >= 4 is 23.6 Å². The smallest absolute Gasteiger partial charge is 0.224 e. The molecule has 0 saturated carbocycles. The molecule has 98 valence electrons. The van der Waals surface area contributed by atoms with E-state index in [9.17, 15) is 4.79 Å². The standard InChI is InChI=1S/C11H18N2OS.C2H6/c1-4-5-6-7-13(3)9-8(12-2)11(15)10(9)14;1-2/h12H,4-7H2,1-3H3;1-2H3. The summed E-state index contributed by atoms with van der Waals surface area (Å²) in [6.07, 6.45) is 3.51. The number of rotatable bonds is 6. The zero-order chi connectivity index (χ0) is 13.4. The molecule has 17 heavy (non-hydrogen) atoms. The molecule has 3 nitrogen and oxygen atoms in total. The maximum absolute atomic E-state index is 11.5. The molecule has 0 amide bonds. The molecule has 0 bridgehead atoms. The zero-order valence-corrected chi connectivity index (χ0v) is 12.4. The maximum atomic E-state index is 11.5. The lowest BCUT2D eigenvalue weighted by atomic mass is 10.1. The van der Waals surface area contributed by atoms with Gasteiger partial charge in [-0.25, -0.2) is 0 Å². The maximum Gasteiger partial charge on any atom is 0.224 e. The van der Waals surface area contributed by atoms with E-state index in [0.29, 0.717) is 4.51 Å². The van der Waals surface area contributed by atoms with Gasteiger partial charge in [0.15, 0.2) is 0 Å². The Hall–Kier alpha value is -0.900. The molecule has 0 fully saturated rings. The van der Waals surface area contributed by atoms with Crippen LogP contribution in [0.2, 0.25) is 0 Å². The van der Waals surface area contributed by atoms with Crippen molar-refractivity contribution in [1.29, 1.82) is 0 Å². The second kappa shape index (κ2) is 8.23. The molecule has 0 atom stereocenters. The number of hydrogen-bond donors (Lipinski definition) is 1. The van der Waals surface area contributed by atoms with Crippen molar-refractivity contribution in [2.24, 2.45) is 0 Å². The van der Waals surface area contributed by atoms with E-state index in [1.165, 1.54) is 12.8 Å². The lowest BCUT2D eigenvalue weighted by molar-refractivity contribution is 0.704. The predicted octanol–water partition coefficient (Wildman–Crippen LogP) is 3.35. The molecule has 0 saturated heterocycles. The first-order valence-corrected chi connectivity index (χ1v) is 6.76. The molecule has 1 aromatic rings. The first kappa shape index (κ1) is 16.1. The number of nitrogens with zero attached hydrogens (tertiary/aromatic N) is 1. The fourth-order valence-corrected chi connectivity index (χ4v) is 1.98. The average molecular weight is 256 g/mol. The number of anilines is 2. The minimum absolute atomic E-state index is 0.00773. The Labute approximate surface area is 110 Å². The highest BCUT2D eigenvalue weighted by Gasteiger charge is 2.19. The molecule has 0 radical (unpaired) electrons. The van der Waals surface area contributed by atoms with Gasteiger partial charge >= 0.3 is 0 Å². The summed E-state index contributed by atoms with van der Waals surface area (Å²) in [4.78, 5) is 13.5. The molecular formula is C13H24N2OS. The summed E-state index contributed by atoms with van der Waals surface area (Å²) in [5.41, 5.74) is 1.58. The molecule has 0 unspecified atom stereocenters. The van der Waals surface area contributed by atoms with Crippen LogP contribution < -0.4 is 15.6 Å². The third kappa shape index (κ3) is 3.80. The highest BCUT2D eigenvalue weighted by atomic mass is 32.1. The number of nitrogens with one attached hydrogen (secondary N) is 1. The third-order valence-corrected chi connectivity index (χ3v) is 3.00. The largest absolute Gasteiger partial charge is 0.385 e. The van der Waals surface area contributed by atoms with Crippen LogP contribution >= 0.6 is 12.2 Å². The lowest BCUT2D eigenvalue weighted by Crippen LogP contribution is -2.30. The Morgan fingerprint density at radius 1 is 1.29 bits per heavy atom. The van der Waals surface area contributed by atoms with Crippen LogP contribution in [-0.2, 0) is 0 Å². The summed E-state index contributed by atoms with van der Waals surface area (Å²) in [5.74, 6) is 0. The van der Waals surface area contributed by atoms with Crippen LogP contribution in [0.4, 0.5) is 11.4 Å². The first-order valence-electron chi connectivity index (χ1n) is 6.35. The molecular weight excluding hydrogens is 232 g/mol. The molecule has 0 aromatic heterocycles. The Bertz CT molecular complexity index is 394. The third-order valence-electron chi connectivity index (χ3n) is 2.61. The van der Waals surface area contributed by atoms with Crippen molar-refractivity contribution in [3.63, 3.8) is 0 Å². The molecule has 0 heterocycles. The van der Waals surface area contributed by atoms with Crippen LogP contribution in [0.3, 0.4) is 0 Å². The van der Waals surface area contributed by atoms with Gasteiger partial charge in [-0.15, -0.1) is 0 Å². The average Bonchev–Trinajstić information content (AvgIpc) is 2.36. The first-order chi connectivity index (χ1) is 8.13. The van der Waals surface area contributed by atoms with Gasteiger partial charge < -0.3 is 10.2 Å². The Morgan fingerprint density at radius 3 is 2.35 bits per heavy atom. The van der Waals surface area contributed by atoms with Crippen LogP contribution in [0.25, 0.3) is 0 Å². The Balaban J connectivity index is 0.00000121. The fraction of sp³-hybridized carbons (Fsp3) is 0.692. The summed E-state index contributed by atoms with van der Waals surface area (Å²) in [6, 6.07) is 0. The molecule has 1 N–H and O–H groups in total. The van der Waals surface area contributed by atoms with Crippen LogP contribution in [0.15, 0.2) is 4.79 Å². The second-order valence-electron chi connectivity index (χ2n) is 3.76. The summed E-state index contributed by atoms with van der Waals surface area (Å²) in [6.45, 7) is 7.09. The van der Waals surface area contributed by atoms with Gasteiger partial charge in [0.25, 0.3) is 0 Å². The molecule has 1 aromatic carbocycles. The SMILES string of the molecule is CC.CCCCCN(C)c1c(NC)c(=S)c1=O. The Kier molecular flexibility index (Phi) is 7.79. The van der Waals surface area contributed by atoms with E-state index < -0.39 is 0 Å². The molecule has 0 aliphatic heterocycles. The van der Waals surface area contributed by atoms with Crippen molar-refractivity contribution in [1.82, 2.24) is 0 Å². The summed E-state index contributed by atoms with van der Waals surface area (Å²) < 4.78 is 0.440. The van der Waals surface area contributed by atoms with E-state index in [1.54, 1.807) is 7.05 Å². The molecule has 1 rings (SSSR count). The van der Waals surface area contributed by atoms with Crippen LogP contribution in [0.5, 0.6) is 0 Å². The van der Waals surface area contributed by atoms with Gasteiger partial charge in [0.1, 0.15) is 10.2 Å². The highest BCUT2D eigenvalue weighted by Crippen LogP contribution is 2.25. The number of unbranched alkanes of at least 4 members (excludes halogenated alkanes) is 2. The van der Waals surface area contributed by atoms with Gasteiger partial charge in [0.05, 0.1) is 5.69 Å². The molecule has 0 aliphatic rings. The van der Waals surface area contributed by atoms with Gasteiger partial charge in [0.2, 0.25) is 5.43 Å². The zero-order valence-electron chi connectivity index (χ0n) is 11.6. The van der Waals surface area contributed by atoms with E-state index in [0.717, 1.165) is 24.3 Å². The molecule has 0 aliphatic carbocycles. The quantitative estimate of drug-likeness (QED) is 0.625. The van der Waals surface area contributed by atoms with E-state index in [-0.39, 0.29) is 5.43 Å². The van der Waals surface area contributed by atoms with Crippen molar-refractivity contribution in [2.75, 3.05) is 30.9 Å². The van der Waals surface area contributed by atoms with Crippen molar-refractivity contribution in [3.8, 4) is 0 Å². The minimum Gasteiger partial charge on any atom is -0.385 e. The normalized spacial score (nSPS) is 9.71. The van der Waals surface area contributed by atoms with Gasteiger partial charge in [-0.1, -0.05) is 45.8 Å². The Morgan fingerprint density at radius 2 is 1.88 bits per heavy atom. The molecule has 0 spiro atoms. The van der Waals surface area contributed by atoms with Crippen LogP contribution in [0.1, 0.15) is 40.0 Å². The molecule has 4 heteroatoms. The van der Waals surface area contributed by atoms with E-state index in [4.69, 9.17) is 12.2 Å². The van der Waals surface area contributed by atoms with Crippen molar-refractivity contribution < 1.29 is 0 Å². The van der Waals surface area contributed by atoms with Gasteiger partial charge in [0, 0.05) is 20.6 Å². The van der Waals surface area contributed by atoms with E-state index in [2.05, 4.69) is 12.2 Å². The summed E-state index contributed by atoms with van der Waals surface area (Å²) in [7, 11) is 3.75. The van der Waals surface area contributed by atoms with Gasteiger partial charge in [-0.3, -0.25) is 4.79 Å². The lowest BCUT2D eigenvalue weighted by Gasteiger charge is -2.23. The van der Waals surface area contributed by atoms with Crippen molar-refractivity contribution in [2.45, 2.75) is 40.0 Å². The second-order valence-corrected chi connectivity index (χ2v) is 4.17. The topological polar surface area (TPSA) is 32.3 Å². The van der Waals surface area contributed by atoms with E-state index >= 15 is 0 Å². The monoisotopic (exact) mass is 256 g/mol. The number of hydrogen-bond acceptors (Lipinski definition) is 4.